The molecule has 0 fully saturated rings. The minimum atomic E-state index is -2.05. The molecule has 0 aliphatic heterocycles. The maximum Gasteiger partial charge on any atom is 0.258 e. The molecule has 0 atom stereocenters. The molecule has 1 amide bonds. The van der Waals surface area contributed by atoms with Gasteiger partial charge in [0.05, 0.1) is 23.6 Å². The van der Waals surface area contributed by atoms with Gasteiger partial charge in [0.25, 0.3) is 5.91 Å². The normalized spacial score (nSPS) is 10.6. The van der Waals surface area contributed by atoms with Crippen molar-refractivity contribution in [3.63, 3.8) is 0 Å². The van der Waals surface area contributed by atoms with Crippen molar-refractivity contribution in [2.75, 3.05) is 5.32 Å². The summed E-state index contributed by atoms with van der Waals surface area (Å²) >= 11 is 0. The number of hydrogen-bond donors (Lipinski definition) is 1. The van der Waals surface area contributed by atoms with Gasteiger partial charge in [0.15, 0.2) is 29.1 Å². The Morgan fingerprint density at radius 2 is 1.52 bits per heavy atom. The largest absolute Gasteiger partial charge is 0.319 e. The van der Waals surface area contributed by atoms with Gasteiger partial charge in [0.2, 0.25) is 0 Å². The van der Waals surface area contributed by atoms with Crippen molar-refractivity contribution in [1.82, 2.24) is 9.97 Å². The van der Waals surface area contributed by atoms with Crippen LogP contribution in [0.15, 0.2) is 48.8 Å². The number of benzene rings is 2. The van der Waals surface area contributed by atoms with Crippen LogP contribution >= 0.6 is 0 Å². The Balaban J connectivity index is 1.82. The summed E-state index contributed by atoms with van der Waals surface area (Å²) in [5.74, 6) is -8.25. The third kappa shape index (κ3) is 3.32. The number of nitrogens with one attached hydrogen (secondary N) is 1. The summed E-state index contributed by atoms with van der Waals surface area (Å²) in [5, 5.41) is 2.19. The van der Waals surface area contributed by atoms with E-state index >= 15 is 0 Å². The lowest BCUT2D eigenvalue weighted by atomic mass is 10.1. The van der Waals surface area contributed by atoms with Gasteiger partial charge in [-0.05, 0) is 6.07 Å². The zero-order chi connectivity index (χ0) is 18.0. The number of aromatic nitrogens is 2. The summed E-state index contributed by atoms with van der Waals surface area (Å²) in [6, 6.07) is 9.28. The molecular weight excluding hydrogens is 338 g/mol. The van der Waals surface area contributed by atoms with E-state index in [1.165, 1.54) is 12.4 Å². The van der Waals surface area contributed by atoms with Crippen molar-refractivity contribution in [2.24, 2.45) is 0 Å². The molecule has 3 rings (SSSR count). The zero-order valence-corrected chi connectivity index (χ0v) is 12.4. The monoisotopic (exact) mass is 347 g/mol. The predicted octanol–water partition coefficient (Wildman–Crippen LogP) is 3.95. The molecule has 1 aromatic heterocycles. The first-order valence-electron chi connectivity index (χ1n) is 6.99. The third-order valence-corrected chi connectivity index (χ3v) is 3.29. The Hall–Kier alpha value is -3.29. The van der Waals surface area contributed by atoms with Crippen LogP contribution in [-0.4, -0.2) is 15.9 Å². The number of anilines is 1. The molecule has 0 saturated heterocycles. The molecule has 0 aliphatic carbocycles. The average Bonchev–Trinajstić information content (AvgIpc) is 2.64. The molecule has 4 nitrogen and oxygen atoms in total. The van der Waals surface area contributed by atoms with E-state index in [0.717, 1.165) is 5.56 Å². The molecule has 0 bridgehead atoms. The Kier molecular flexibility index (Phi) is 4.42. The number of carbonyl (C=O) groups is 1. The number of carbonyl (C=O) groups excluding carboxylic acids is 1. The highest BCUT2D eigenvalue weighted by Gasteiger charge is 2.23. The molecule has 25 heavy (non-hydrogen) atoms. The first kappa shape index (κ1) is 16.6. The highest BCUT2D eigenvalue weighted by atomic mass is 19.2. The van der Waals surface area contributed by atoms with E-state index in [2.05, 4.69) is 15.3 Å². The summed E-state index contributed by atoms with van der Waals surface area (Å²) in [7, 11) is 0. The molecule has 2 aromatic carbocycles. The van der Waals surface area contributed by atoms with E-state index in [0.29, 0.717) is 5.82 Å². The van der Waals surface area contributed by atoms with Gasteiger partial charge in [-0.25, -0.2) is 27.5 Å². The fraction of sp³-hybridized carbons (Fsp3) is 0. The summed E-state index contributed by atoms with van der Waals surface area (Å²) in [5.41, 5.74) is -0.146. The first-order chi connectivity index (χ1) is 12.0. The van der Waals surface area contributed by atoms with Crippen LogP contribution in [0.3, 0.4) is 0 Å². The SMILES string of the molecule is O=C(Nc1cnc(-c2ccccc2)nc1)c1cc(F)c(F)c(F)c1F. The van der Waals surface area contributed by atoms with E-state index in [-0.39, 0.29) is 11.8 Å². The molecule has 1 heterocycles. The smallest absolute Gasteiger partial charge is 0.258 e. The molecule has 0 unspecified atom stereocenters. The highest BCUT2D eigenvalue weighted by Crippen LogP contribution is 2.20. The van der Waals surface area contributed by atoms with Crippen molar-refractivity contribution >= 4 is 11.6 Å². The Bertz CT molecular complexity index is 931. The molecule has 8 heteroatoms. The van der Waals surface area contributed by atoms with Gasteiger partial charge >= 0.3 is 0 Å². The van der Waals surface area contributed by atoms with Crippen molar-refractivity contribution in [3.8, 4) is 11.4 Å². The van der Waals surface area contributed by atoms with Gasteiger partial charge < -0.3 is 5.32 Å². The minimum absolute atomic E-state index is 0.0780. The Morgan fingerprint density at radius 3 is 2.16 bits per heavy atom. The van der Waals surface area contributed by atoms with Crippen LogP contribution in [0, 0.1) is 23.3 Å². The zero-order valence-electron chi connectivity index (χ0n) is 12.4. The van der Waals surface area contributed by atoms with E-state index in [4.69, 9.17) is 0 Å². The quantitative estimate of drug-likeness (QED) is 0.443. The summed E-state index contributed by atoms with van der Waals surface area (Å²) in [6.07, 6.45) is 2.50. The third-order valence-electron chi connectivity index (χ3n) is 3.29. The fourth-order valence-electron chi connectivity index (χ4n) is 2.07. The molecule has 1 N–H and O–H groups in total. The van der Waals surface area contributed by atoms with Gasteiger partial charge in [-0.1, -0.05) is 30.3 Å². The minimum Gasteiger partial charge on any atom is -0.319 e. The van der Waals surface area contributed by atoms with Crippen LogP contribution < -0.4 is 5.32 Å². The predicted molar refractivity (Wildman–Crippen MR) is 81.7 cm³/mol. The molecule has 0 radical (unpaired) electrons. The van der Waals surface area contributed by atoms with Gasteiger partial charge in [0, 0.05) is 5.56 Å². The molecule has 0 spiro atoms. The van der Waals surface area contributed by atoms with Gasteiger partial charge in [-0.3, -0.25) is 4.79 Å². The van der Waals surface area contributed by atoms with E-state index in [1.54, 1.807) is 24.3 Å². The number of amides is 1. The van der Waals surface area contributed by atoms with Crippen LogP contribution in [0.4, 0.5) is 23.2 Å². The lowest BCUT2D eigenvalue weighted by molar-refractivity contribution is 0.102. The second-order valence-electron chi connectivity index (χ2n) is 4.96. The molecule has 0 saturated carbocycles. The number of halogens is 4. The van der Waals surface area contributed by atoms with E-state index in [1.807, 2.05) is 6.07 Å². The fourth-order valence-corrected chi connectivity index (χ4v) is 2.07. The van der Waals surface area contributed by atoms with Crippen LogP contribution in [0.2, 0.25) is 0 Å². The maximum absolute atomic E-state index is 13.6. The van der Waals surface area contributed by atoms with E-state index < -0.39 is 34.7 Å². The molecular formula is C17H9F4N3O. The van der Waals surface area contributed by atoms with Crippen molar-refractivity contribution in [2.45, 2.75) is 0 Å². The van der Waals surface area contributed by atoms with Crippen LogP contribution in [0.1, 0.15) is 10.4 Å². The van der Waals surface area contributed by atoms with Gasteiger partial charge in [0.1, 0.15) is 0 Å². The average molecular weight is 347 g/mol. The van der Waals surface area contributed by atoms with E-state index in [9.17, 15) is 22.4 Å². The first-order valence-corrected chi connectivity index (χ1v) is 6.99. The lowest BCUT2D eigenvalue weighted by Crippen LogP contribution is -2.16. The second kappa shape index (κ2) is 6.68. The second-order valence-corrected chi connectivity index (χ2v) is 4.96. The van der Waals surface area contributed by atoms with Crippen molar-refractivity contribution in [3.05, 3.63) is 77.6 Å². The summed E-state index contributed by atoms with van der Waals surface area (Å²) in [4.78, 5) is 20.0. The van der Waals surface area contributed by atoms with Crippen LogP contribution in [0.25, 0.3) is 11.4 Å². The van der Waals surface area contributed by atoms with Gasteiger partial charge in [-0.2, -0.15) is 0 Å². The number of nitrogens with zero attached hydrogens (tertiary/aromatic N) is 2. The van der Waals surface area contributed by atoms with Crippen molar-refractivity contribution < 1.29 is 22.4 Å². The maximum atomic E-state index is 13.6. The topological polar surface area (TPSA) is 54.9 Å². The van der Waals surface area contributed by atoms with Crippen LogP contribution in [0.5, 0.6) is 0 Å². The summed E-state index contributed by atoms with van der Waals surface area (Å²) < 4.78 is 52.9. The summed E-state index contributed by atoms with van der Waals surface area (Å²) in [6.45, 7) is 0. The lowest BCUT2D eigenvalue weighted by Gasteiger charge is -2.08. The standard InChI is InChI=1S/C17H9F4N3O/c18-12-6-11(13(19)15(21)14(12)20)17(25)24-10-7-22-16(23-8-10)9-4-2-1-3-5-9/h1-8H,(H,24,25). The molecule has 3 aromatic rings. The molecule has 0 aliphatic rings. The number of rotatable bonds is 3. The van der Waals surface area contributed by atoms with Crippen molar-refractivity contribution in [1.29, 1.82) is 0 Å². The van der Waals surface area contributed by atoms with Crippen LogP contribution in [-0.2, 0) is 0 Å². The molecule has 126 valence electrons. The highest BCUT2D eigenvalue weighted by molar-refractivity contribution is 6.04. The Labute approximate surface area is 139 Å². The number of hydrogen-bond acceptors (Lipinski definition) is 3. The van der Waals surface area contributed by atoms with Gasteiger partial charge in [-0.15, -0.1) is 0 Å². The Morgan fingerprint density at radius 1 is 0.880 bits per heavy atom.